The van der Waals surface area contributed by atoms with Gasteiger partial charge in [0, 0.05) is 19.5 Å². The van der Waals surface area contributed by atoms with Crippen molar-refractivity contribution in [1.82, 2.24) is 4.90 Å². The number of para-hydroxylation sites is 1. The van der Waals surface area contributed by atoms with E-state index in [1.165, 1.54) is 4.90 Å². The molecule has 5 nitrogen and oxygen atoms in total. The van der Waals surface area contributed by atoms with E-state index in [0.717, 1.165) is 11.3 Å². The van der Waals surface area contributed by atoms with Crippen LogP contribution >= 0.6 is 0 Å². The molecule has 0 aromatic heterocycles. The second kappa shape index (κ2) is 5.84. The number of benzene rings is 1. The number of hydrogen-bond donors (Lipinski definition) is 2. The van der Waals surface area contributed by atoms with Crippen molar-refractivity contribution in [3.8, 4) is 5.75 Å². The fraction of sp³-hybridized carbons (Fsp3) is 0.462. The van der Waals surface area contributed by atoms with Crippen LogP contribution in [0.1, 0.15) is 5.56 Å². The molecule has 0 aliphatic carbocycles. The smallest absolute Gasteiger partial charge is 0.264 e. The molecule has 1 heterocycles. The van der Waals surface area contributed by atoms with Gasteiger partial charge in [0.15, 0.2) is 6.10 Å². The fourth-order valence-electron chi connectivity index (χ4n) is 2.10. The van der Waals surface area contributed by atoms with Gasteiger partial charge in [-0.1, -0.05) is 18.2 Å². The first-order valence-corrected chi connectivity index (χ1v) is 6.01. The first kappa shape index (κ1) is 12.9. The largest absolute Gasteiger partial charge is 0.480 e. The Balaban J connectivity index is 2.03. The van der Waals surface area contributed by atoms with Gasteiger partial charge >= 0.3 is 0 Å². The van der Waals surface area contributed by atoms with E-state index < -0.39 is 6.10 Å². The number of rotatable bonds is 5. The van der Waals surface area contributed by atoms with Crippen LogP contribution in [0.3, 0.4) is 0 Å². The summed E-state index contributed by atoms with van der Waals surface area (Å²) >= 11 is 0. The van der Waals surface area contributed by atoms with E-state index in [-0.39, 0.29) is 32.2 Å². The van der Waals surface area contributed by atoms with Gasteiger partial charge in [-0.15, -0.1) is 0 Å². The second-order valence-corrected chi connectivity index (χ2v) is 4.19. The molecule has 2 N–H and O–H groups in total. The highest BCUT2D eigenvalue weighted by molar-refractivity contribution is 5.82. The van der Waals surface area contributed by atoms with Crippen LogP contribution < -0.4 is 4.74 Å². The van der Waals surface area contributed by atoms with E-state index in [4.69, 9.17) is 14.9 Å². The molecule has 1 amide bonds. The summed E-state index contributed by atoms with van der Waals surface area (Å²) < 4.78 is 5.59. The van der Waals surface area contributed by atoms with Gasteiger partial charge in [-0.25, -0.2) is 0 Å². The Labute approximate surface area is 106 Å². The van der Waals surface area contributed by atoms with Gasteiger partial charge in [-0.2, -0.15) is 0 Å². The molecular weight excluding hydrogens is 234 g/mol. The topological polar surface area (TPSA) is 70.0 Å². The highest BCUT2D eigenvalue weighted by Crippen LogP contribution is 2.28. The van der Waals surface area contributed by atoms with E-state index in [1.54, 1.807) is 0 Å². The van der Waals surface area contributed by atoms with Crippen molar-refractivity contribution < 1.29 is 19.7 Å². The molecular formula is C13H17NO4. The van der Waals surface area contributed by atoms with Crippen molar-refractivity contribution in [2.75, 3.05) is 26.3 Å². The minimum Gasteiger partial charge on any atom is -0.480 e. The second-order valence-electron chi connectivity index (χ2n) is 4.19. The maximum absolute atomic E-state index is 12.2. The summed E-state index contributed by atoms with van der Waals surface area (Å²) in [6.45, 7) is 0.196. The van der Waals surface area contributed by atoms with E-state index in [0.29, 0.717) is 6.42 Å². The van der Waals surface area contributed by atoms with Crippen molar-refractivity contribution in [2.24, 2.45) is 0 Å². The van der Waals surface area contributed by atoms with Crippen LogP contribution in [0, 0.1) is 0 Å². The molecule has 0 saturated carbocycles. The molecule has 0 saturated heterocycles. The lowest BCUT2D eigenvalue weighted by Gasteiger charge is -2.23. The number of amides is 1. The van der Waals surface area contributed by atoms with Crippen molar-refractivity contribution >= 4 is 5.91 Å². The maximum Gasteiger partial charge on any atom is 0.264 e. The Morgan fingerprint density at radius 1 is 1.28 bits per heavy atom. The Bertz CT molecular complexity index is 390. The van der Waals surface area contributed by atoms with Gasteiger partial charge in [-0.05, 0) is 11.6 Å². The monoisotopic (exact) mass is 251 g/mol. The Kier molecular flexibility index (Phi) is 4.17. The third-order valence-corrected chi connectivity index (χ3v) is 2.97. The lowest BCUT2D eigenvalue weighted by Crippen LogP contribution is -2.44. The van der Waals surface area contributed by atoms with Crippen LogP contribution in [0.5, 0.6) is 5.75 Å². The summed E-state index contributed by atoms with van der Waals surface area (Å²) in [5.41, 5.74) is 1.02. The van der Waals surface area contributed by atoms with Crippen LogP contribution in [0.2, 0.25) is 0 Å². The molecule has 0 spiro atoms. The Morgan fingerprint density at radius 2 is 1.94 bits per heavy atom. The van der Waals surface area contributed by atoms with E-state index in [2.05, 4.69) is 0 Å². The fourth-order valence-corrected chi connectivity index (χ4v) is 2.10. The van der Waals surface area contributed by atoms with E-state index in [1.807, 2.05) is 24.3 Å². The van der Waals surface area contributed by atoms with E-state index >= 15 is 0 Å². The first-order chi connectivity index (χ1) is 8.76. The van der Waals surface area contributed by atoms with Crippen LogP contribution in [0.25, 0.3) is 0 Å². The van der Waals surface area contributed by atoms with E-state index in [9.17, 15) is 4.79 Å². The number of aliphatic hydroxyl groups excluding tert-OH is 2. The molecule has 1 aromatic rings. The van der Waals surface area contributed by atoms with Crippen LogP contribution in [-0.2, 0) is 11.2 Å². The number of hydrogen-bond acceptors (Lipinski definition) is 4. The molecule has 1 aliphatic heterocycles. The number of ether oxygens (including phenoxy) is 1. The quantitative estimate of drug-likeness (QED) is 0.760. The van der Waals surface area contributed by atoms with Gasteiger partial charge in [0.2, 0.25) is 0 Å². The minimum absolute atomic E-state index is 0.120. The van der Waals surface area contributed by atoms with Crippen molar-refractivity contribution in [3.05, 3.63) is 29.8 Å². The third kappa shape index (κ3) is 2.63. The Hall–Kier alpha value is -1.59. The lowest BCUT2D eigenvalue weighted by atomic mass is 10.1. The summed E-state index contributed by atoms with van der Waals surface area (Å²) in [4.78, 5) is 13.6. The average molecular weight is 251 g/mol. The predicted molar refractivity (Wildman–Crippen MR) is 65.3 cm³/mol. The van der Waals surface area contributed by atoms with Gasteiger partial charge in [0.1, 0.15) is 5.75 Å². The molecule has 0 radical (unpaired) electrons. The van der Waals surface area contributed by atoms with Crippen LogP contribution in [-0.4, -0.2) is 53.4 Å². The Morgan fingerprint density at radius 3 is 2.56 bits per heavy atom. The summed E-state index contributed by atoms with van der Waals surface area (Å²) in [5, 5.41) is 17.8. The SMILES string of the molecule is O=C(C1Cc2ccccc2O1)N(CCO)CCO. The molecule has 2 rings (SSSR count). The predicted octanol–water partition coefficient (Wildman–Crippen LogP) is -0.197. The summed E-state index contributed by atoms with van der Waals surface area (Å²) in [5.74, 6) is 0.554. The zero-order valence-corrected chi connectivity index (χ0v) is 10.1. The molecule has 98 valence electrons. The number of nitrogens with zero attached hydrogens (tertiary/aromatic N) is 1. The normalized spacial score (nSPS) is 17.1. The molecule has 5 heteroatoms. The maximum atomic E-state index is 12.2. The molecule has 1 atom stereocenters. The zero-order valence-electron chi connectivity index (χ0n) is 10.1. The van der Waals surface area contributed by atoms with Gasteiger partial charge < -0.3 is 19.8 Å². The van der Waals surface area contributed by atoms with Crippen LogP contribution in [0.4, 0.5) is 0 Å². The number of fused-ring (bicyclic) bond motifs is 1. The summed E-state index contributed by atoms with van der Waals surface area (Å²) in [7, 11) is 0. The lowest BCUT2D eigenvalue weighted by molar-refractivity contribution is -0.139. The molecule has 1 aromatic carbocycles. The van der Waals surface area contributed by atoms with Gasteiger partial charge in [-0.3, -0.25) is 4.79 Å². The highest BCUT2D eigenvalue weighted by atomic mass is 16.5. The molecule has 1 unspecified atom stereocenters. The van der Waals surface area contributed by atoms with Gasteiger partial charge in [0.25, 0.3) is 5.91 Å². The van der Waals surface area contributed by atoms with Crippen molar-refractivity contribution in [3.63, 3.8) is 0 Å². The molecule has 0 fully saturated rings. The number of carbonyl (C=O) groups excluding carboxylic acids is 1. The molecule has 0 bridgehead atoms. The van der Waals surface area contributed by atoms with Crippen molar-refractivity contribution in [2.45, 2.75) is 12.5 Å². The zero-order chi connectivity index (χ0) is 13.0. The number of carbonyl (C=O) groups is 1. The van der Waals surface area contributed by atoms with Crippen molar-refractivity contribution in [1.29, 1.82) is 0 Å². The third-order valence-electron chi connectivity index (χ3n) is 2.97. The summed E-state index contributed by atoms with van der Waals surface area (Å²) in [6, 6.07) is 7.55. The minimum atomic E-state index is -0.541. The molecule has 1 aliphatic rings. The molecule has 18 heavy (non-hydrogen) atoms. The summed E-state index contributed by atoms with van der Waals surface area (Å²) in [6.07, 6.45) is 0.00281. The van der Waals surface area contributed by atoms with Gasteiger partial charge in [0.05, 0.1) is 13.2 Å². The average Bonchev–Trinajstić information content (AvgIpc) is 2.81. The highest BCUT2D eigenvalue weighted by Gasteiger charge is 2.31. The first-order valence-electron chi connectivity index (χ1n) is 6.01. The standard InChI is InChI=1S/C13H17NO4/c15-7-5-14(6-8-16)13(17)12-9-10-3-1-2-4-11(10)18-12/h1-4,12,15-16H,5-9H2. The van der Waals surface area contributed by atoms with Crippen LogP contribution in [0.15, 0.2) is 24.3 Å². The number of aliphatic hydroxyl groups is 2.